The summed E-state index contributed by atoms with van der Waals surface area (Å²) in [6.45, 7) is 4.07. The van der Waals surface area contributed by atoms with Gasteiger partial charge in [0.15, 0.2) is 0 Å². The number of rotatable bonds is 6. The smallest absolute Gasteiger partial charge is 0.329 e. The molecule has 0 aliphatic rings. The highest BCUT2D eigenvalue weighted by Crippen LogP contribution is 2.26. The van der Waals surface area contributed by atoms with E-state index >= 15 is 0 Å². The predicted octanol–water partition coefficient (Wildman–Crippen LogP) is 3.11. The second-order valence-corrected chi connectivity index (χ2v) is 5.14. The van der Waals surface area contributed by atoms with E-state index in [-0.39, 0.29) is 5.97 Å². The van der Waals surface area contributed by atoms with Crippen molar-refractivity contribution in [2.45, 2.75) is 26.3 Å². The molecular weight excluding hydrogens is 308 g/mol. The van der Waals surface area contributed by atoms with Gasteiger partial charge in [0.05, 0.1) is 6.61 Å². The van der Waals surface area contributed by atoms with Crippen molar-refractivity contribution in [3.63, 3.8) is 0 Å². The van der Waals surface area contributed by atoms with Gasteiger partial charge in [-0.2, -0.15) is 4.98 Å². The minimum atomic E-state index is -0.427. The summed E-state index contributed by atoms with van der Waals surface area (Å²) < 4.78 is 12.3. The summed E-state index contributed by atoms with van der Waals surface area (Å²) >= 11 is 0. The molecule has 0 aromatic carbocycles. The Labute approximate surface area is 139 Å². The zero-order valence-corrected chi connectivity index (χ0v) is 13.5. The molecule has 1 atom stereocenters. The maximum Gasteiger partial charge on any atom is 0.329 e. The lowest BCUT2D eigenvalue weighted by molar-refractivity contribution is -0.147. The van der Waals surface area contributed by atoms with E-state index in [0.29, 0.717) is 30.4 Å². The molecule has 0 spiro atoms. The molecule has 0 N–H and O–H groups in total. The summed E-state index contributed by atoms with van der Waals surface area (Å²) in [7, 11) is 0. The molecule has 0 saturated carbocycles. The Morgan fingerprint density at radius 2 is 2.21 bits per heavy atom. The van der Waals surface area contributed by atoms with Gasteiger partial charge in [0.1, 0.15) is 11.7 Å². The van der Waals surface area contributed by atoms with Crippen LogP contribution in [-0.2, 0) is 9.53 Å². The highest BCUT2D eigenvalue weighted by Gasteiger charge is 2.24. The van der Waals surface area contributed by atoms with Crippen molar-refractivity contribution < 1.29 is 14.1 Å². The zero-order chi connectivity index (χ0) is 16.9. The van der Waals surface area contributed by atoms with Crippen molar-refractivity contribution in [2.24, 2.45) is 0 Å². The molecule has 3 heterocycles. The average Bonchev–Trinajstić information content (AvgIpc) is 3.26. The van der Waals surface area contributed by atoms with Crippen LogP contribution in [0.15, 0.2) is 47.4 Å². The molecule has 24 heavy (non-hydrogen) atoms. The first-order valence-corrected chi connectivity index (χ1v) is 7.82. The summed E-state index contributed by atoms with van der Waals surface area (Å²) in [6, 6.07) is 6.91. The Morgan fingerprint density at radius 1 is 1.33 bits per heavy atom. The highest BCUT2D eigenvalue weighted by atomic mass is 16.5. The van der Waals surface area contributed by atoms with Crippen molar-refractivity contribution in [2.75, 3.05) is 6.61 Å². The maximum absolute atomic E-state index is 12.2. The van der Waals surface area contributed by atoms with Crippen LogP contribution in [0.5, 0.6) is 0 Å². The van der Waals surface area contributed by atoms with Crippen molar-refractivity contribution >= 4 is 5.97 Å². The Hall–Kier alpha value is -2.96. The number of esters is 1. The first kappa shape index (κ1) is 15.9. The molecule has 3 rings (SSSR count). The number of pyridine rings is 1. The van der Waals surface area contributed by atoms with Crippen LogP contribution in [0.4, 0.5) is 0 Å². The van der Waals surface area contributed by atoms with Gasteiger partial charge in [-0.25, -0.2) is 4.79 Å². The highest BCUT2D eigenvalue weighted by molar-refractivity contribution is 5.75. The molecule has 0 aliphatic carbocycles. The van der Waals surface area contributed by atoms with Crippen molar-refractivity contribution in [3.05, 3.63) is 42.9 Å². The Kier molecular flexibility index (Phi) is 4.69. The van der Waals surface area contributed by atoms with Gasteiger partial charge in [-0.05, 0) is 37.6 Å². The zero-order valence-electron chi connectivity index (χ0n) is 13.5. The summed E-state index contributed by atoms with van der Waals surface area (Å²) in [5.74, 6) is 0.529. The molecule has 0 aliphatic heterocycles. The maximum atomic E-state index is 12.2. The molecule has 3 aromatic rings. The Balaban J connectivity index is 1.93. The molecular formula is C17H18N4O3. The first-order chi connectivity index (χ1) is 11.7. The lowest BCUT2D eigenvalue weighted by atomic mass is 10.2. The molecule has 124 valence electrons. The van der Waals surface area contributed by atoms with Gasteiger partial charge in [0.2, 0.25) is 5.82 Å². The fraction of sp³-hybridized carbons (Fsp3) is 0.294. The van der Waals surface area contributed by atoms with Gasteiger partial charge in [0, 0.05) is 24.2 Å². The molecule has 7 nitrogen and oxygen atoms in total. The van der Waals surface area contributed by atoms with Gasteiger partial charge in [-0.3, -0.25) is 4.98 Å². The van der Waals surface area contributed by atoms with E-state index in [2.05, 4.69) is 15.1 Å². The van der Waals surface area contributed by atoms with E-state index in [1.807, 2.05) is 37.4 Å². The van der Waals surface area contributed by atoms with E-state index in [1.165, 1.54) is 0 Å². The number of hydrogen-bond donors (Lipinski definition) is 0. The lowest BCUT2D eigenvalue weighted by Gasteiger charge is -2.17. The number of hydrogen-bond acceptors (Lipinski definition) is 6. The quantitative estimate of drug-likeness (QED) is 0.647. The van der Waals surface area contributed by atoms with Gasteiger partial charge in [0.25, 0.3) is 5.89 Å². The molecule has 3 aromatic heterocycles. The summed E-state index contributed by atoms with van der Waals surface area (Å²) in [5.41, 5.74) is 1.44. The SMILES string of the molecule is CCOC(=O)C(CC)n1cccc1-c1nc(-c2cccnc2)no1. The largest absolute Gasteiger partial charge is 0.464 e. The monoisotopic (exact) mass is 326 g/mol. The number of ether oxygens (including phenoxy) is 1. The van der Waals surface area contributed by atoms with Crippen LogP contribution in [0.2, 0.25) is 0 Å². The molecule has 0 amide bonds. The normalized spacial score (nSPS) is 12.1. The summed E-state index contributed by atoms with van der Waals surface area (Å²) in [6.07, 6.45) is 5.76. The topological polar surface area (TPSA) is 83.0 Å². The molecule has 1 unspecified atom stereocenters. The van der Waals surface area contributed by atoms with E-state index in [0.717, 1.165) is 5.56 Å². The Bertz CT molecular complexity index is 810. The van der Waals surface area contributed by atoms with Crippen molar-refractivity contribution in [3.8, 4) is 23.0 Å². The molecule has 7 heteroatoms. The van der Waals surface area contributed by atoms with Crippen LogP contribution < -0.4 is 0 Å². The minimum Gasteiger partial charge on any atom is -0.464 e. The molecule has 0 bridgehead atoms. The number of aromatic nitrogens is 4. The van der Waals surface area contributed by atoms with Crippen LogP contribution in [0.25, 0.3) is 23.0 Å². The molecule has 0 fully saturated rings. The van der Waals surface area contributed by atoms with Crippen LogP contribution in [0, 0.1) is 0 Å². The third-order valence-electron chi connectivity index (χ3n) is 3.62. The molecule has 0 saturated heterocycles. The molecule has 0 radical (unpaired) electrons. The summed E-state index contributed by atoms with van der Waals surface area (Å²) in [4.78, 5) is 20.6. The van der Waals surface area contributed by atoms with E-state index in [9.17, 15) is 4.79 Å². The van der Waals surface area contributed by atoms with Gasteiger partial charge >= 0.3 is 5.97 Å². The third kappa shape index (κ3) is 3.05. The van der Waals surface area contributed by atoms with Gasteiger partial charge in [-0.1, -0.05) is 12.1 Å². The summed E-state index contributed by atoms with van der Waals surface area (Å²) in [5, 5.41) is 3.99. The van der Waals surface area contributed by atoms with Crippen LogP contribution >= 0.6 is 0 Å². The first-order valence-electron chi connectivity index (χ1n) is 7.82. The van der Waals surface area contributed by atoms with Crippen LogP contribution in [0.3, 0.4) is 0 Å². The number of nitrogens with zero attached hydrogens (tertiary/aromatic N) is 4. The number of carbonyl (C=O) groups is 1. The fourth-order valence-corrected chi connectivity index (χ4v) is 2.50. The minimum absolute atomic E-state index is 0.274. The standard InChI is InChI=1S/C17H18N4O3/c1-3-13(17(22)23-4-2)21-10-6-8-14(21)16-19-15(20-24-16)12-7-5-9-18-11-12/h5-11,13H,3-4H2,1-2H3. The number of carbonyl (C=O) groups excluding carboxylic acids is 1. The van der Waals surface area contributed by atoms with E-state index in [4.69, 9.17) is 9.26 Å². The predicted molar refractivity (Wildman–Crippen MR) is 86.9 cm³/mol. The lowest BCUT2D eigenvalue weighted by Crippen LogP contribution is -2.21. The second-order valence-electron chi connectivity index (χ2n) is 5.14. The van der Waals surface area contributed by atoms with Crippen LogP contribution in [0.1, 0.15) is 26.3 Å². The average molecular weight is 326 g/mol. The Morgan fingerprint density at radius 3 is 2.92 bits per heavy atom. The van der Waals surface area contributed by atoms with Crippen LogP contribution in [-0.4, -0.2) is 32.3 Å². The second kappa shape index (κ2) is 7.08. The van der Waals surface area contributed by atoms with E-state index in [1.54, 1.807) is 23.9 Å². The van der Waals surface area contributed by atoms with Crippen molar-refractivity contribution in [1.82, 2.24) is 19.7 Å². The fourth-order valence-electron chi connectivity index (χ4n) is 2.50. The third-order valence-corrected chi connectivity index (χ3v) is 3.62. The van der Waals surface area contributed by atoms with Gasteiger partial charge in [-0.15, -0.1) is 0 Å². The van der Waals surface area contributed by atoms with E-state index < -0.39 is 6.04 Å². The van der Waals surface area contributed by atoms with Gasteiger partial charge < -0.3 is 13.8 Å². The van der Waals surface area contributed by atoms with Crippen molar-refractivity contribution in [1.29, 1.82) is 0 Å².